The Balaban J connectivity index is 1.87. The molecule has 0 bridgehead atoms. The third-order valence-corrected chi connectivity index (χ3v) is 3.59. The first kappa shape index (κ1) is 13.4. The van der Waals surface area contributed by atoms with Crippen LogP contribution in [0, 0.1) is 13.8 Å². The molecular formula is C18H18N2O. The van der Waals surface area contributed by atoms with Gasteiger partial charge < -0.3 is 10.1 Å². The van der Waals surface area contributed by atoms with Crippen LogP contribution in [0.5, 0.6) is 5.88 Å². The Labute approximate surface area is 124 Å². The fraction of sp³-hybridized carbons (Fsp3) is 0.167. The number of H-pyrrole nitrogens is 1. The minimum absolute atomic E-state index is 0.170. The van der Waals surface area contributed by atoms with Crippen molar-refractivity contribution in [3.05, 3.63) is 64.7 Å². The third kappa shape index (κ3) is 2.82. The van der Waals surface area contributed by atoms with Gasteiger partial charge in [-0.15, -0.1) is 0 Å². The topological polar surface area (TPSA) is 48.4 Å². The molecule has 2 aromatic carbocycles. The lowest BCUT2D eigenvalue weighted by Gasteiger charge is -1.98. The highest BCUT2D eigenvalue weighted by Crippen LogP contribution is 2.26. The van der Waals surface area contributed by atoms with E-state index >= 15 is 0 Å². The lowest BCUT2D eigenvalue weighted by molar-refractivity contribution is 0.457. The first-order valence-electron chi connectivity index (χ1n) is 7.00. The molecule has 0 aliphatic heterocycles. The molecule has 0 spiro atoms. The number of fused-ring (bicyclic) bond motifs is 1. The van der Waals surface area contributed by atoms with Crippen molar-refractivity contribution in [2.45, 2.75) is 20.4 Å². The zero-order valence-electron chi connectivity index (χ0n) is 12.2. The highest BCUT2D eigenvalue weighted by Gasteiger charge is 2.08. The van der Waals surface area contributed by atoms with E-state index in [9.17, 15) is 5.11 Å². The molecule has 1 heterocycles. The van der Waals surface area contributed by atoms with Gasteiger partial charge >= 0.3 is 0 Å². The molecule has 3 aromatic rings. The van der Waals surface area contributed by atoms with Gasteiger partial charge in [0, 0.05) is 17.1 Å². The number of hydrogen-bond donors (Lipinski definition) is 2. The average molecular weight is 278 g/mol. The molecule has 3 rings (SSSR count). The monoisotopic (exact) mass is 278 g/mol. The van der Waals surface area contributed by atoms with Crippen molar-refractivity contribution in [1.82, 2.24) is 4.98 Å². The van der Waals surface area contributed by atoms with Gasteiger partial charge in [-0.3, -0.25) is 4.99 Å². The van der Waals surface area contributed by atoms with Crippen LogP contribution in [-0.4, -0.2) is 16.3 Å². The summed E-state index contributed by atoms with van der Waals surface area (Å²) in [6.07, 6.45) is 1.74. The number of nitrogens with one attached hydrogen (secondary N) is 1. The number of aryl methyl sites for hydroxylation is 2. The summed E-state index contributed by atoms with van der Waals surface area (Å²) in [7, 11) is 0. The summed E-state index contributed by atoms with van der Waals surface area (Å²) in [5.74, 6) is 0.170. The molecule has 1 aromatic heterocycles. The predicted octanol–water partition coefficient (Wildman–Crippen LogP) is 4.11. The van der Waals surface area contributed by atoms with Gasteiger partial charge in [0.1, 0.15) is 0 Å². The summed E-state index contributed by atoms with van der Waals surface area (Å²) in [5.41, 5.74) is 5.24. The minimum Gasteiger partial charge on any atom is -0.494 e. The van der Waals surface area contributed by atoms with E-state index in [1.807, 2.05) is 19.1 Å². The summed E-state index contributed by atoms with van der Waals surface area (Å²) < 4.78 is 0. The fourth-order valence-electron chi connectivity index (χ4n) is 2.38. The van der Waals surface area contributed by atoms with Crippen molar-refractivity contribution >= 4 is 17.1 Å². The number of aromatic hydroxyl groups is 1. The van der Waals surface area contributed by atoms with Gasteiger partial charge in [0.25, 0.3) is 0 Å². The van der Waals surface area contributed by atoms with Gasteiger partial charge in [0.15, 0.2) is 5.88 Å². The largest absolute Gasteiger partial charge is 0.494 e. The summed E-state index contributed by atoms with van der Waals surface area (Å²) in [5, 5.41) is 11.0. The highest BCUT2D eigenvalue weighted by molar-refractivity contribution is 6.02. The van der Waals surface area contributed by atoms with E-state index < -0.39 is 0 Å². The Hall–Kier alpha value is -2.55. The third-order valence-electron chi connectivity index (χ3n) is 3.59. The molecule has 0 saturated carbocycles. The van der Waals surface area contributed by atoms with Crippen LogP contribution < -0.4 is 0 Å². The molecule has 0 radical (unpaired) electrons. The minimum atomic E-state index is 0.170. The fourth-order valence-corrected chi connectivity index (χ4v) is 2.38. The van der Waals surface area contributed by atoms with Crippen LogP contribution in [0.25, 0.3) is 10.9 Å². The SMILES string of the molecule is Cc1ccc(CN=Cc2c(O)[nH]c3ccc(C)cc23)cc1. The Morgan fingerprint density at radius 3 is 2.52 bits per heavy atom. The number of aliphatic imine (C=N–C) groups is 1. The average Bonchev–Trinajstić information content (AvgIpc) is 2.77. The summed E-state index contributed by atoms with van der Waals surface area (Å²) in [6, 6.07) is 14.4. The summed E-state index contributed by atoms with van der Waals surface area (Å²) in [4.78, 5) is 7.42. The molecule has 0 fully saturated rings. The second kappa shape index (κ2) is 5.44. The molecular weight excluding hydrogens is 260 g/mol. The van der Waals surface area contributed by atoms with Crippen molar-refractivity contribution < 1.29 is 5.11 Å². The normalized spacial score (nSPS) is 11.5. The maximum atomic E-state index is 10.0. The Morgan fingerprint density at radius 2 is 1.76 bits per heavy atom. The molecule has 3 nitrogen and oxygen atoms in total. The van der Waals surface area contributed by atoms with Gasteiger partial charge in [0.05, 0.1) is 12.1 Å². The van der Waals surface area contributed by atoms with Crippen LogP contribution in [-0.2, 0) is 6.54 Å². The molecule has 21 heavy (non-hydrogen) atoms. The maximum Gasteiger partial charge on any atom is 0.198 e. The number of rotatable bonds is 3. The van der Waals surface area contributed by atoms with E-state index in [1.54, 1.807) is 6.21 Å². The van der Waals surface area contributed by atoms with E-state index in [2.05, 4.69) is 47.2 Å². The Morgan fingerprint density at radius 1 is 1.05 bits per heavy atom. The lowest BCUT2D eigenvalue weighted by atomic mass is 10.1. The van der Waals surface area contributed by atoms with Crippen LogP contribution in [0.4, 0.5) is 0 Å². The molecule has 0 saturated heterocycles. The van der Waals surface area contributed by atoms with E-state index in [4.69, 9.17) is 0 Å². The van der Waals surface area contributed by atoms with E-state index in [1.165, 1.54) is 5.56 Å². The Bertz CT molecular complexity index is 798. The van der Waals surface area contributed by atoms with Crippen molar-refractivity contribution in [3.63, 3.8) is 0 Å². The number of aromatic nitrogens is 1. The van der Waals surface area contributed by atoms with Crippen molar-refractivity contribution in [1.29, 1.82) is 0 Å². The maximum absolute atomic E-state index is 10.0. The van der Waals surface area contributed by atoms with Crippen molar-refractivity contribution in [2.75, 3.05) is 0 Å². The van der Waals surface area contributed by atoms with Crippen LogP contribution in [0.2, 0.25) is 0 Å². The standard InChI is InChI=1S/C18H18N2O/c1-12-3-6-14(7-4-12)10-19-11-16-15-9-13(2)5-8-17(15)20-18(16)21/h3-9,11,20-21H,10H2,1-2H3. The first-order valence-corrected chi connectivity index (χ1v) is 7.00. The molecule has 106 valence electrons. The Kier molecular flexibility index (Phi) is 3.48. The van der Waals surface area contributed by atoms with E-state index in [0.29, 0.717) is 6.54 Å². The molecule has 0 unspecified atom stereocenters. The number of nitrogens with zero attached hydrogens (tertiary/aromatic N) is 1. The number of hydrogen-bond acceptors (Lipinski definition) is 2. The quantitative estimate of drug-likeness (QED) is 0.696. The zero-order valence-corrected chi connectivity index (χ0v) is 12.2. The smallest absolute Gasteiger partial charge is 0.198 e. The second-order valence-corrected chi connectivity index (χ2v) is 5.39. The van der Waals surface area contributed by atoms with Crippen molar-refractivity contribution in [3.8, 4) is 5.88 Å². The van der Waals surface area contributed by atoms with Gasteiger partial charge in [-0.25, -0.2) is 0 Å². The zero-order chi connectivity index (χ0) is 14.8. The predicted molar refractivity (Wildman–Crippen MR) is 87.2 cm³/mol. The summed E-state index contributed by atoms with van der Waals surface area (Å²) in [6.45, 7) is 4.72. The highest BCUT2D eigenvalue weighted by atomic mass is 16.3. The van der Waals surface area contributed by atoms with Crippen LogP contribution in [0.3, 0.4) is 0 Å². The van der Waals surface area contributed by atoms with Crippen LogP contribution >= 0.6 is 0 Å². The molecule has 0 aliphatic rings. The molecule has 3 heteroatoms. The molecule has 0 atom stereocenters. The van der Waals surface area contributed by atoms with E-state index in [0.717, 1.165) is 27.6 Å². The second-order valence-electron chi connectivity index (χ2n) is 5.39. The lowest BCUT2D eigenvalue weighted by Crippen LogP contribution is -1.85. The first-order chi connectivity index (χ1) is 10.1. The number of benzene rings is 2. The van der Waals surface area contributed by atoms with E-state index in [-0.39, 0.29) is 5.88 Å². The van der Waals surface area contributed by atoms with Crippen LogP contribution in [0.15, 0.2) is 47.5 Å². The van der Waals surface area contributed by atoms with Gasteiger partial charge in [-0.2, -0.15) is 0 Å². The van der Waals surface area contributed by atoms with Crippen LogP contribution in [0.1, 0.15) is 22.3 Å². The van der Waals surface area contributed by atoms with Crippen molar-refractivity contribution in [2.24, 2.45) is 4.99 Å². The molecule has 2 N–H and O–H groups in total. The number of aromatic amines is 1. The molecule has 0 amide bonds. The van der Waals surface area contributed by atoms with Gasteiger partial charge in [-0.05, 0) is 31.5 Å². The van der Waals surface area contributed by atoms with Gasteiger partial charge in [0.2, 0.25) is 0 Å². The van der Waals surface area contributed by atoms with Gasteiger partial charge in [-0.1, -0.05) is 41.5 Å². The molecule has 0 aliphatic carbocycles. The summed E-state index contributed by atoms with van der Waals surface area (Å²) >= 11 is 0.